The Balaban J connectivity index is 2.07. The predicted molar refractivity (Wildman–Crippen MR) is 55.1 cm³/mol. The second-order valence-corrected chi connectivity index (χ2v) is 4.00. The van der Waals surface area contributed by atoms with E-state index in [-0.39, 0.29) is 17.7 Å². The molecule has 6 nitrogen and oxygen atoms in total. The summed E-state index contributed by atoms with van der Waals surface area (Å²) in [6.07, 6.45) is 0. The van der Waals surface area contributed by atoms with Crippen LogP contribution in [-0.4, -0.2) is 47.3 Å². The Morgan fingerprint density at radius 1 is 1.31 bits per heavy atom. The molecule has 0 aromatic carbocycles. The van der Waals surface area contributed by atoms with Crippen molar-refractivity contribution in [2.45, 2.75) is 19.8 Å². The molecule has 0 atom stereocenters. The molecule has 0 spiro atoms. The van der Waals surface area contributed by atoms with Crippen LogP contribution in [0.25, 0.3) is 0 Å². The molecule has 2 heterocycles. The molecule has 1 aliphatic heterocycles. The Kier molecular flexibility index (Phi) is 3.19. The van der Waals surface area contributed by atoms with Crippen LogP contribution in [0.4, 0.5) is 0 Å². The van der Waals surface area contributed by atoms with E-state index < -0.39 is 0 Å². The van der Waals surface area contributed by atoms with E-state index in [2.05, 4.69) is 10.2 Å². The first-order valence-electron chi connectivity index (χ1n) is 5.39. The van der Waals surface area contributed by atoms with E-state index in [1.54, 1.807) is 4.90 Å². The number of ether oxygens (including phenoxy) is 1. The van der Waals surface area contributed by atoms with Crippen LogP contribution < -0.4 is 0 Å². The zero-order chi connectivity index (χ0) is 11.5. The van der Waals surface area contributed by atoms with Crippen molar-refractivity contribution in [3.05, 3.63) is 11.8 Å². The Morgan fingerprint density at radius 3 is 2.56 bits per heavy atom. The van der Waals surface area contributed by atoms with Gasteiger partial charge in [-0.05, 0) is 0 Å². The number of carbonyl (C=O) groups excluding carboxylic acids is 1. The van der Waals surface area contributed by atoms with Gasteiger partial charge in [-0.3, -0.25) is 4.79 Å². The number of carbonyl (C=O) groups is 1. The fourth-order valence-electron chi connectivity index (χ4n) is 1.46. The number of rotatable bonds is 2. The van der Waals surface area contributed by atoms with E-state index in [4.69, 9.17) is 9.15 Å². The highest BCUT2D eigenvalue weighted by Crippen LogP contribution is 2.13. The third-order valence-corrected chi connectivity index (χ3v) is 2.42. The van der Waals surface area contributed by atoms with E-state index in [0.29, 0.717) is 32.2 Å². The van der Waals surface area contributed by atoms with Gasteiger partial charge in [-0.15, -0.1) is 10.2 Å². The van der Waals surface area contributed by atoms with Crippen molar-refractivity contribution in [3.63, 3.8) is 0 Å². The smallest absolute Gasteiger partial charge is 0.311 e. The van der Waals surface area contributed by atoms with Crippen molar-refractivity contribution in [1.29, 1.82) is 0 Å². The number of aromatic nitrogens is 2. The van der Waals surface area contributed by atoms with Gasteiger partial charge in [0.25, 0.3) is 0 Å². The topological polar surface area (TPSA) is 68.5 Å². The fourth-order valence-corrected chi connectivity index (χ4v) is 1.46. The number of nitrogens with zero attached hydrogens (tertiary/aromatic N) is 3. The van der Waals surface area contributed by atoms with Crippen LogP contribution in [0.3, 0.4) is 0 Å². The second-order valence-electron chi connectivity index (χ2n) is 4.00. The molecule has 0 unspecified atom stereocenters. The molecular weight excluding hydrogens is 210 g/mol. The third-order valence-electron chi connectivity index (χ3n) is 2.42. The maximum Gasteiger partial charge on any atom is 0.311 e. The highest BCUT2D eigenvalue weighted by Gasteiger charge is 2.24. The second kappa shape index (κ2) is 4.61. The molecule has 88 valence electrons. The summed E-state index contributed by atoms with van der Waals surface area (Å²) in [7, 11) is 0. The molecule has 1 aliphatic rings. The molecule has 0 radical (unpaired) electrons. The van der Waals surface area contributed by atoms with Crippen molar-refractivity contribution < 1.29 is 13.9 Å². The Bertz CT molecular complexity index is 369. The number of hydrogen-bond donors (Lipinski definition) is 0. The summed E-state index contributed by atoms with van der Waals surface area (Å²) >= 11 is 0. The quantitative estimate of drug-likeness (QED) is 0.739. The van der Waals surface area contributed by atoms with Crippen molar-refractivity contribution in [2.75, 3.05) is 26.3 Å². The Hall–Kier alpha value is -1.43. The lowest BCUT2D eigenvalue weighted by Gasteiger charge is -2.25. The van der Waals surface area contributed by atoms with Gasteiger partial charge in [-0.25, -0.2) is 0 Å². The lowest BCUT2D eigenvalue weighted by Crippen LogP contribution is -2.40. The van der Waals surface area contributed by atoms with Gasteiger partial charge in [0.2, 0.25) is 5.89 Å². The average molecular weight is 225 g/mol. The summed E-state index contributed by atoms with van der Waals surface area (Å²) in [5.74, 6) is 0.503. The molecule has 2 rings (SSSR count). The van der Waals surface area contributed by atoms with Gasteiger partial charge in [-0.1, -0.05) is 13.8 Å². The van der Waals surface area contributed by atoms with Crippen LogP contribution in [0.5, 0.6) is 0 Å². The van der Waals surface area contributed by atoms with Crippen molar-refractivity contribution in [1.82, 2.24) is 15.1 Å². The molecule has 0 bridgehead atoms. The average Bonchev–Trinajstić information content (AvgIpc) is 2.78. The van der Waals surface area contributed by atoms with E-state index in [0.717, 1.165) is 0 Å². The molecular formula is C10H15N3O3. The highest BCUT2D eigenvalue weighted by atomic mass is 16.5. The van der Waals surface area contributed by atoms with Crippen LogP contribution in [-0.2, 0) is 4.74 Å². The lowest BCUT2D eigenvalue weighted by molar-refractivity contribution is 0.0276. The van der Waals surface area contributed by atoms with Gasteiger partial charge in [0, 0.05) is 19.0 Å². The molecule has 1 aromatic rings. The standard InChI is InChI=1S/C10H15N3O3/c1-7(2)8-11-12-9(16-8)10(14)13-3-5-15-6-4-13/h7H,3-6H2,1-2H3. The summed E-state index contributed by atoms with van der Waals surface area (Å²) < 4.78 is 10.5. The summed E-state index contributed by atoms with van der Waals surface area (Å²) in [4.78, 5) is 13.6. The summed E-state index contributed by atoms with van der Waals surface area (Å²) in [5.41, 5.74) is 0. The van der Waals surface area contributed by atoms with Crippen LogP contribution >= 0.6 is 0 Å². The number of morpholine rings is 1. The fraction of sp³-hybridized carbons (Fsp3) is 0.700. The maximum absolute atomic E-state index is 11.9. The third kappa shape index (κ3) is 2.21. The van der Waals surface area contributed by atoms with Crippen molar-refractivity contribution >= 4 is 5.91 Å². The largest absolute Gasteiger partial charge is 0.417 e. The van der Waals surface area contributed by atoms with Gasteiger partial charge < -0.3 is 14.1 Å². The first-order valence-corrected chi connectivity index (χ1v) is 5.39. The van der Waals surface area contributed by atoms with E-state index >= 15 is 0 Å². The van der Waals surface area contributed by atoms with Crippen molar-refractivity contribution in [2.24, 2.45) is 0 Å². The predicted octanol–water partition coefficient (Wildman–Crippen LogP) is 0.665. The van der Waals surface area contributed by atoms with Crippen molar-refractivity contribution in [3.8, 4) is 0 Å². The molecule has 1 amide bonds. The van der Waals surface area contributed by atoms with E-state index in [1.165, 1.54) is 0 Å². The minimum absolute atomic E-state index is 0.0746. The summed E-state index contributed by atoms with van der Waals surface area (Å²) in [6.45, 7) is 6.18. The van der Waals surface area contributed by atoms with Crippen LogP contribution in [0.2, 0.25) is 0 Å². The van der Waals surface area contributed by atoms with Crippen LogP contribution in [0.15, 0.2) is 4.42 Å². The van der Waals surface area contributed by atoms with Crippen LogP contribution in [0, 0.1) is 0 Å². The van der Waals surface area contributed by atoms with Gasteiger partial charge in [0.05, 0.1) is 13.2 Å². The maximum atomic E-state index is 11.9. The summed E-state index contributed by atoms with van der Waals surface area (Å²) in [5, 5.41) is 7.60. The molecule has 1 aromatic heterocycles. The highest BCUT2D eigenvalue weighted by molar-refractivity contribution is 5.89. The molecule has 6 heteroatoms. The molecule has 0 saturated carbocycles. The minimum Gasteiger partial charge on any atom is -0.417 e. The van der Waals surface area contributed by atoms with E-state index in [1.807, 2.05) is 13.8 Å². The first-order chi connectivity index (χ1) is 7.68. The number of amides is 1. The number of hydrogen-bond acceptors (Lipinski definition) is 5. The molecule has 1 fully saturated rings. The van der Waals surface area contributed by atoms with Crippen LogP contribution in [0.1, 0.15) is 36.3 Å². The van der Waals surface area contributed by atoms with Gasteiger partial charge in [0.1, 0.15) is 0 Å². The van der Waals surface area contributed by atoms with E-state index in [9.17, 15) is 4.79 Å². The Labute approximate surface area is 93.6 Å². The molecule has 0 aliphatic carbocycles. The Morgan fingerprint density at radius 2 is 2.00 bits per heavy atom. The normalized spacial score (nSPS) is 16.8. The van der Waals surface area contributed by atoms with Gasteiger partial charge in [-0.2, -0.15) is 0 Å². The zero-order valence-corrected chi connectivity index (χ0v) is 9.47. The molecule has 16 heavy (non-hydrogen) atoms. The van der Waals surface area contributed by atoms with Gasteiger partial charge in [0.15, 0.2) is 0 Å². The monoisotopic (exact) mass is 225 g/mol. The SMILES string of the molecule is CC(C)c1nnc(C(=O)N2CCOCC2)o1. The molecule has 0 N–H and O–H groups in total. The zero-order valence-electron chi connectivity index (χ0n) is 9.47. The first kappa shape index (κ1) is 11.1. The lowest BCUT2D eigenvalue weighted by atomic mass is 10.2. The molecule has 1 saturated heterocycles. The van der Waals surface area contributed by atoms with Gasteiger partial charge >= 0.3 is 11.8 Å². The summed E-state index contributed by atoms with van der Waals surface area (Å²) in [6, 6.07) is 0. The minimum atomic E-state index is -0.206.